The molecule has 0 bridgehead atoms. The summed E-state index contributed by atoms with van der Waals surface area (Å²) in [7, 11) is 1.31. The second kappa shape index (κ2) is 9.54. The van der Waals surface area contributed by atoms with Gasteiger partial charge in [0.15, 0.2) is 0 Å². The van der Waals surface area contributed by atoms with E-state index in [0.717, 1.165) is 16.9 Å². The van der Waals surface area contributed by atoms with Crippen LogP contribution < -0.4 is 5.32 Å². The van der Waals surface area contributed by atoms with Gasteiger partial charge in [0.05, 0.1) is 7.11 Å². The molecule has 1 N–H and O–H groups in total. The first-order valence-corrected chi connectivity index (χ1v) is 8.56. The van der Waals surface area contributed by atoms with Crippen molar-refractivity contribution in [1.29, 1.82) is 0 Å². The Morgan fingerprint density at radius 1 is 1.45 bits per heavy atom. The molecule has 0 saturated heterocycles. The molecule has 0 aromatic heterocycles. The Labute approximate surface area is 140 Å². The van der Waals surface area contributed by atoms with Crippen LogP contribution in [0.2, 0.25) is 5.02 Å². The van der Waals surface area contributed by atoms with Gasteiger partial charge >= 0.3 is 5.97 Å². The molecular formula is C16H20ClNO3S. The van der Waals surface area contributed by atoms with Gasteiger partial charge in [-0.1, -0.05) is 23.7 Å². The second-order valence-corrected chi connectivity index (χ2v) is 6.10. The van der Waals surface area contributed by atoms with E-state index in [1.807, 2.05) is 25.3 Å². The highest BCUT2D eigenvalue weighted by molar-refractivity contribution is 7.98. The Bertz CT molecular complexity index is 560. The van der Waals surface area contributed by atoms with Gasteiger partial charge in [0, 0.05) is 11.1 Å². The number of ether oxygens (including phenoxy) is 1. The van der Waals surface area contributed by atoms with Gasteiger partial charge in [0.1, 0.15) is 6.04 Å². The predicted octanol–water partition coefficient (Wildman–Crippen LogP) is 3.07. The first kappa shape index (κ1) is 18.6. The van der Waals surface area contributed by atoms with E-state index < -0.39 is 12.0 Å². The number of esters is 1. The van der Waals surface area contributed by atoms with Gasteiger partial charge in [-0.15, -0.1) is 0 Å². The van der Waals surface area contributed by atoms with Gasteiger partial charge in [0.2, 0.25) is 5.91 Å². The summed E-state index contributed by atoms with van der Waals surface area (Å²) < 4.78 is 4.70. The molecule has 0 fully saturated rings. The lowest BCUT2D eigenvalue weighted by Crippen LogP contribution is -2.41. The molecule has 0 spiro atoms. The minimum absolute atomic E-state index is 0.340. The van der Waals surface area contributed by atoms with Gasteiger partial charge in [-0.05, 0) is 48.6 Å². The molecule has 1 aromatic carbocycles. The zero-order valence-electron chi connectivity index (χ0n) is 12.9. The molecule has 1 amide bonds. The van der Waals surface area contributed by atoms with Crippen LogP contribution in [0.5, 0.6) is 0 Å². The highest BCUT2D eigenvalue weighted by Gasteiger charge is 2.19. The number of amides is 1. The van der Waals surface area contributed by atoms with Crippen molar-refractivity contribution in [3.63, 3.8) is 0 Å². The summed E-state index contributed by atoms with van der Waals surface area (Å²) in [5, 5.41) is 3.30. The first-order valence-electron chi connectivity index (χ1n) is 6.79. The van der Waals surface area contributed by atoms with Crippen LogP contribution in [0.1, 0.15) is 17.5 Å². The van der Waals surface area contributed by atoms with Gasteiger partial charge in [-0.3, -0.25) is 4.79 Å². The molecular weight excluding hydrogens is 322 g/mol. The number of carbonyl (C=O) groups excluding carboxylic acids is 2. The standard InChI is InChI=1S/C16H20ClNO3S/c1-11-4-5-12(10-13(11)17)6-7-15(19)18-14(8-9-22-3)16(20)21-2/h4-7,10,14H,8-9H2,1-3H3,(H,18,19)/b7-6+/t14-/m0/s1. The van der Waals surface area contributed by atoms with Crippen LogP contribution in [-0.4, -0.2) is 37.0 Å². The van der Waals surface area contributed by atoms with Crippen molar-refractivity contribution in [3.8, 4) is 0 Å². The summed E-state index contributed by atoms with van der Waals surface area (Å²) in [6.45, 7) is 1.91. The molecule has 1 rings (SSSR count). The molecule has 6 heteroatoms. The number of benzene rings is 1. The maximum Gasteiger partial charge on any atom is 0.328 e. The highest BCUT2D eigenvalue weighted by atomic mass is 35.5. The number of rotatable bonds is 7. The molecule has 0 unspecified atom stereocenters. The number of hydrogen-bond donors (Lipinski definition) is 1. The monoisotopic (exact) mass is 341 g/mol. The molecule has 120 valence electrons. The second-order valence-electron chi connectivity index (χ2n) is 4.71. The fourth-order valence-electron chi connectivity index (χ4n) is 1.73. The van der Waals surface area contributed by atoms with Crippen LogP contribution in [0.15, 0.2) is 24.3 Å². The van der Waals surface area contributed by atoms with E-state index in [9.17, 15) is 9.59 Å². The van der Waals surface area contributed by atoms with Gasteiger partial charge in [-0.2, -0.15) is 11.8 Å². The quantitative estimate of drug-likeness (QED) is 0.611. The van der Waals surface area contributed by atoms with Crippen LogP contribution in [-0.2, 0) is 14.3 Å². The predicted molar refractivity (Wildman–Crippen MR) is 92.2 cm³/mol. The van der Waals surface area contributed by atoms with E-state index in [0.29, 0.717) is 11.4 Å². The van der Waals surface area contributed by atoms with E-state index in [-0.39, 0.29) is 5.91 Å². The van der Waals surface area contributed by atoms with Crippen LogP contribution in [0.3, 0.4) is 0 Å². The van der Waals surface area contributed by atoms with E-state index in [4.69, 9.17) is 16.3 Å². The van der Waals surface area contributed by atoms with Crippen molar-refractivity contribution in [2.45, 2.75) is 19.4 Å². The molecule has 0 aliphatic heterocycles. The van der Waals surface area contributed by atoms with Crippen molar-refractivity contribution in [1.82, 2.24) is 5.32 Å². The van der Waals surface area contributed by atoms with Crippen molar-refractivity contribution in [2.24, 2.45) is 0 Å². The molecule has 0 aliphatic carbocycles. The molecule has 4 nitrogen and oxygen atoms in total. The minimum Gasteiger partial charge on any atom is -0.467 e. The lowest BCUT2D eigenvalue weighted by Gasteiger charge is -2.14. The van der Waals surface area contributed by atoms with E-state index in [2.05, 4.69) is 5.32 Å². The van der Waals surface area contributed by atoms with E-state index >= 15 is 0 Å². The number of nitrogens with one attached hydrogen (secondary N) is 1. The molecule has 0 saturated carbocycles. The Hall–Kier alpha value is -1.46. The first-order chi connectivity index (χ1) is 10.5. The van der Waals surface area contributed by atoms with Gasteiger partial charge in [0.25, 0.3) is 0 Å². The largest absolute Gasteiger partial charge is 0.467 e. The average Bonchev–Trinajstić information content (AvgIpc) is 2.51. The lowest BCUT2D eigenvalue weighted by molar-refractivity contribution is -0.144. The normalized spacial score (nSPS) is 12.2. The smallest absolute Gasteiger partial charge is 0.328 e. The van der Waals surface area contributed by atoms with Crippen LogP contribution in [0, 0.1) is 6.92 Å². The third-order valence-corrected chi connectivity index (χ3v) is 4.09. The molecule has 1 aromatic rings. The van der Waals surface area contributed by atoms with E-state index in [1.54, 1.807) is 23.9 Å². The summed E-state index contributed by atoms with van der Waals surface area (Å²) in [6.07, 6.45) is 5.51. The van der Waals surface area contributed by atoms with E-state index in [1.165, 1.54) is 13.2 Å². The zero-order valence-corrected chi connectivity index (χ0v) is 14.5. The van der Waals surface area contributed by atoms with Crippen LogP contribution >= 0.6 is 23.4 Å². The summed E-state index contributed by atoms with van der Waals surface area (Å²) in [6, 6.07) is 4.91. The minimum atomic E-state index is -0.629. The number of aryl methyl sites for hydroxylation is 1. The third-order valence-electron chi connectivity index (χ3n) is 3.04. The molecule has 1 atom stereocenters. The lowest BCUT2D eigenvalue weighted by atomic mass is 10.1. The Balaban J connectivity index is 2.67. The van der Waals surface area contributed by atoms with Crippen molar-refractivity contribution in [2.75, 3.05) is 19.1 Å². The van der Waals surface area contributed by atoms with Crippen molar-refractivity contribution < 1.29 is 14.3 Å². The zero-order chi connectivity index (χ0) is 16.5. The Morgan fingerprint density at radius 3 is 2.77 bits per heavy atom. The maximum absolute atomic E-state index is 11.9. The van der Waals surface area contributed by atoms with Gasteiger partial charge in [-0.25, -0.2) is 4.79 Å². The fraction of sp³-hybridized carbons (Fsp3) is 0.375. The summed E-state index contributed by atoms with van der Waals surface area (Å²) in [5.74, 6) is -0.0143. The SMILES string of the molecule is COC(=O)[C@H](CCSC)NC(=O)/C=C/c1ccc(C)c(Cl)c1. The number of hydrogen-bond acceptors (Lipinski definition) is 4. The van der Waals surface area contributed by atoms with Gasteiger partial charge < -0.3 is 10.1 Å². The molecule has 22 heavy (non-hydrogen) atoms. The van der Waals surface area contributed by atoms with Crippen LogP contribution in [0.25, 0.3) is 6.08 Å². The number of methoxy groups -OCH3 is 1. The molecule has 0 aliphatic rings. The Morgan fingerprint density at radius 2 is 2.18 bits per heavy atom. The fourth-order valence-corrected chi connectivity index (χ4v) is 2.39. The topological polar surface area (TPSA) is 55.4 Å². The maximum atomic E-state index is 11.9. The number of halogens is 1. The summed E-state index contributed by atoms with van der Waals surface area (Å²) >= 11 is 7.64. The molecule has 0 heterocycles. The third kappa shape index (κ3) is 6.12. The number of thioether (sulfide) groups is 1. The van der Waals surface area contributed by atoms with Crippen molar-refractivity contribution >= 4 is 41.3 Å². The summed E-state index contributed by atoms with van der Waals surface area (Å²) in [4.78, 5) is 23.5. The molecule has 0 radical (unpaired) electrons. The van der Waals surface area contributed by atoms with Crippen LogP contribution in [0.4, 0.5) is 0 Å². The summed E-state index contributed by atoms with van der Waals surface area (Å²) in [5.41, 5.74) is 1.80. The Kier molecular flexibility index (Phi) is 8.06. The number of carbonyl (C=O) groups is 2. The van der Waals surface area contributed by atoms with Crippen molar-refractivity contribution in [3.05, 3.63) is 40.4 Å². The average molecular weight is 342 g/mol. The highest BCUT2D eigenvalue weighted by Crippen LogP contribution is 2.17.